The highest BCUT2D eigenvalue weighted by molar-refractivity contribution is 7.09. The van der Waals surface area contributed by atoms with Gasteiger partial charge in [-0.1, -0.05) is 0 Å². The zero-order chi connectivity index (χ0) is 17.8. The highest BCUT2D eigenvalue weighted by Crippen LogP contribution is 2.26. The van der Waals surface area contributed by atoms with Crippen molar-refractivity contribution in [1.29, 1.82) is 0 Å². The van der Waals surface area contributed by atoms with E-state index in [9.17, 15) is 4.79 Å². The van der Waals surface area contributed by atoms with Crippen LogP contribution in [0.25, 0.3) is 11.8 Å². The van der Waals surface area contributed by atoms with Crippen molar-refractivity contribution in [3.63, 3.8) is 0 Å². The van der Waals surface area contributed by atoms with Crippen LogP contribution in [0.15, 0.2) is 29.7 Å². The largest absolute Gasteiger partial charge is 0.494 e. The van der Waals surface area contributed by atoms with E-state index in [1.807, 2.05) is 12.3 Å². The zero-order valence-electron chi connectivity index (χ0n) is 13.9. The van der Waals surface area contributed by atoms with E-state index in [1.165, 1.54) is 17.4 Å². The minimum atomic E-state index is -0.254. The second-order valence-corrected chi connectivity index (χ2v) is 6.20. The molecule has 3 rings (SSSR count). The van der Waals surface area contributed by atoms with Crippen molar-refractivity contribution in [3.05, 3.63) is 46.2 Å². The summed E-state index contributed by atoms with van der Waals surface area (Å²) in [6.45, 7) is 3.70. The van der Waals surface area contributed by atoms with Gasteiger partial charge in [-0.3, -0.25) is 4.79 Å². The van der Waals surface area contributed by atoms with Gasteiger partial charge in [0, 0.05) is 17.1 Å². The Morgan fingerprint density at radius 3 is 2.84 bits per heavy atom. The van der Waals surface area contributed by atoms with E-state index in [-0.39, 0.29) is 5.91 Å². The Kier molecular flexibility index (Phi) is 4.85. The van der Waals surface area contributed by atoms with Crippen LogP contribution in [-0.4, -0.2) is 38.2 Å². The topological polar surface area (TPSA) is 94.8 Å². The number of carbonyl (C=O) groups is 1. The summed E-state index contributed by atoms with van der Waals surface area (Å²) in [6, 6.07) is 5.25. The van der Waals surface area contributed by atoms with Crippen LogP contribution >= 0.6 is 11.3 Å². The molecule has 0 spiro atoms. The quantitative estimate of drug-likeness (QED) is 0.705. The van der Waals surface area contributed by atoms with E-state index in [2.05, 4.69) is 25.8 Å². The van der Waals surface area contributed by atoms with Crippen LogP contribution in [-0.2, 0) is 4.79 Å². The van der Waals surface area contributed by atoms with E-state index < -0.39 is 0 Å². The number of thiazole rings is 1. The van der Waals surface area contributed by atoms with Gasteiger partial charge in [-0.05, 0) is 48.5 Å². The lowest BCUT2D eigenvalue weighted by molar-refractivity contribution is -0.111. The Morgan fingerprint density at radius 2 is 2.20 bits per heavy atom. The van der Waals surface area contributed by atoms with E-state index in [0.29, 0.717) is 22.9 Å². The van der Waals surface area contributed by atoms with Crippen molar-refractivity contribution >= 4 is 29.0 Å². The molecular formula is C16H16N6O2S. The average molecular weight is 356 g/mol. The van der Waals surface area contributed by atoms with Crippen LogP contribution in [0.2, 0.25) is 0 Å². The molecule has 9 heteroatoms. The molecule has 0 saturated heterocycles. The van der Waals surface area contributed by atoms with Crippen molar-refractivity contribution in [2.75, 3.05) is 12.4 Å². The number of hydrogen-bond acceptors (Lipinski definition) is 7. The van der Waals surface area contributed by atoms with Crippen LogP contribution < -0.4 is 10.1 Å². The van der Waals surface area contributed by atoms with Crippen molar-refractivity contribution in [2.45, 2.75) is 13.8 Å². The van der Waals surface area contributed by atoms with Gasteiger partial charge in [0.2, 0.25) is 5.91 Å². The predicted molar refractivity (Wildman–Crippen MR) is 95.0 cm³/mol. The Hall–Kier alpha value is -3.07. The van der Waals surface area contributed by atoms with E-state index in [4.69, 9.17) is 4.74 Å². The zero-order valence-corrected chi connectivity index (χ0v) is 14.7. The van der Waals surface area contributed by atoms with Crippen molar-refractivity contribution in [3.8, 4) is 11.4 Å². The number of aryl methyl sites for hydroxylation is 2. The summed E-state index contributed by atoms with van der Waals surface area (Å²) in [6.07, 6.45) is 3.12. The maximum absolute atomic E-state index is 12.1. The molecule has 8 nitrogen and oxygen atoms in total. The van der Waals surface area contributed by atoms with Gasteiger partial charge in [-0.2, -0.15) is 4.68 Å². The highest BCUT2D eigenvalue weighted by Gasteiger charge is 2.11. The number of rotatable bonds is 5. The van der Waals surface area contributed by atoms with Gasteiger partial charge in [0.25, 0.3) is 0 Å². The Balaban J connectivity index is 1.80. The number of anilines is 1. The first-order valence-corrected chi connectivity index (χ1v) is 8.29. The molecule has 0 aliphatic heterocycles. The number of methoxy groups -OCH3 is 1. The molecule has 1 amide bonds. The predicted octanol–water partition coefficient (Wildman–Crippen LogP) is 2.40. The fourth-order valence-electron chi connectivity index (χ4n) is 2.19. The number of nitrogens with one attached hydrogen (secondary N) is 1. The van der Waals surface area contributed by atoms with Crippen molar-refractivity contribution in [1.82, 2.24) is 25.2 Å². The maximum Gasteiger partial charge on any atom is 0.248 e. The first-order chi connectivity index (χ1) is 12.1. The first kappa shape index (κ1) is 16.8. The molecule has 0 bridgehead atoms. The van der Waals surface area contributed by atoms with Crippen LogP contribution in [0.3, 0.4) is 0 Å². The Morgan fingerprint density at radius 1 is 1.36 bits per heavy atom. The molecule has 1 N–H and O–H groups in total. The fourth-order valence-corrected chi connectivity index (χ4v) is 2.77. The summed E-state index contributed by atoms with van der Waals surface area (Å²) < 4.78 is 6.89. The average Bonchev–Trinajstić information content (AvgIpc) is 3.21. The number of carbonyl (C=O) groups excluding carboxylic acids is 1. The summed E-state index contributed by atoms with van der Waals surface area (Å²) >= 11 is 1.54. The molecule has 25 heavy (non-hydrogen) atoms. The molecule has 3 aromatic rings. The standard InChI is InChI=1S/C16H16N6O2S/c1-10-19-20-21-22(10)14-8-12(4-6-15(14)24-3)18-16(23)7-5-13-9-25-11(2)17-13/h4-9H,1-3H3,(H,18,23)/b7-5+. The Bertz CT molecular complexity index is 930. The number of aromatic nitrogens is 5. The van der Waals surface area contributed by atoms with E-state index >= 15 is 0 Å². The second-order valence-electron chi connectivity index (χ2n) is 5.14. The van der Waals surface area contributed by atoms with E-state index in [1.54, 1.807) is 43.0 Å². The number of amides is 1. The van der Waals surface area contributed by atoms with Crippen LogP contribution in [0, 0.1) is 13.8 Å². The van der Waals surface area contributed by atoms with Gasteiger partial charge in [0.05, 0.1) is 17.8 Å². The molecule has 0 fully saturated rings. The molecule has 2 aromatic heterocycles. The van der Waals surface area contributed by atoms with Gasteiger partial charge >= 0.3 is 0 Å². The maximum atomic E-state index is 12.1. The number of tetrazole rings is 1. The third kappa shape index (κ3) is 3.89. The van der Waals surface area contributed by atoms with Gasteiger partial charge < -0.3 is 10.1 Å². The SMILES string of the molecule is COc1ccc(NC(=O)/C=C/c2csc(C)n2)cc1-n1nnnc1C. The normalized spacial score (nSPS) is 11.0. The van der Waals surface area contributed by atoms with E-state index in [0.717, 1.165) is 10.7 Å². The van der Waals surface area contributed by atoms with Gasteiger partial charge in [-0.15, -0.1) is 16.4 Å². The van der Waals surface area contributed by atoms with Crippen molar-refractivity contribution < 1.29 is 9.53 Å². The summed E-state index contributed by atoms with van der Waals surface area (Å²) in [5.41, 5.74) is 2.01. The monoisotopic (exact) mass is 356 g/mol. The summed E-state index contributed by atoms with van der Waals surface area (Å²) in [5, 5.41) is 17.1. The number of ether oxygens (including phenoxy) is 1. The molecule has 0 aliphatic carbocycles. The third-order valence-electron chi connectivity index (χ3n) is 3.34. The molecule has 2 heterocycles. The Labute approximate surface area is 148 Å². The molecule has 0 radical (unpaired) electrons. The summed E-state index contributed by atoms with van der Waals surface area (Å²) in [7, 11) is 1.56. The molecule has 0 atom stereocenters. The fraction of sp³-hybridized carbons (Fsp3) is 0.188. The molecule has 0 aliphatic rings. The highest BCUT2D eigenvalue weighted by atomic mass is 32.1. The molecule has 0 unspecified atom stereocenters. The molecule has 0 saturated carbocycles. The lowest BCUT2D eigenvalue weighted by atomic mass is 10.2. The first-order valence-electron chi connectivity index (χ1n) is 7.41. The lowest BCUT2D eigenvalue weighted by Gasteiger charge is -2.11. The minimum Gasteiger partial charge on any atom is -0.494 e. The molecular weight excluding hydrogens is 340 g/mol. The smallest absolute Gasteiger partial charge is 0.248 e. The molecule has 128 valence electrons. The number of benzene rings is 1. The third-order valence-corrected chi connectivity index (χ3v) is 4.13. The van der Waals surface area contributed by atoms with Gasteiger partial charge in [0.15, 0.2) is 5.82 Å². The second kappa shape index (κ2) is 7.22. The van der Waals surface area contributed by atoms with Crippen LogP contribution in [0.5, 0.6) is 5.75 Å². The number of hydrogen-bond donors (Lipinski definition) is 1. The van der Waals surface area contributed by atoms with Crippen LogP contribution in [0.4, 0.5) is 5.69 Å². The lowest BCUT2D eigenvalue weighted by Crippen LogP contribution is -2.09. The molecule has 1 aromatic carbocycles. The van der Waals surface area contributed by atoms with Crippen LogP contribution in [0.1, 0.15) is 16.5 Å². The van der Waals surface area contributed by atoms with Crippen molar-refractivity contribution in [2.24, 2.45) is 0 Å². The minimum absolute atomic E-state index is 0.254. The van der Waals surface area contributed by atoms with Gasteiger partial charge in [-0.25, -0.2) is 4.98 Å². The van der Waals surface area contributed by atoms with Gasteiger partial charge in [0.1, 0.15) is 11.4 Å². The summed E-state index contributed by atoms with van der Waals surface area (Å²) in [5.74, 6) is 0.956. The summed E-state index contributed by atoms with van der Waals surface area (Å²) in [4.78, 5) is 16.4. The number of nitrogens with zero attached hydrogens (tertiary/aromatic N) is 5.